The summed E-state index contributed by atoms with van der Waals surface area (Å²) in [6.07, 6.45) is 3.07. The average Bonchev–Trinajstić information content (AvgIpc) is 3.16. The fourth-order valence-electron chi connectivity index (χ4n) is 3.49. The standard InChI is InChI=1S/C19H21NO3S/c21-19(14-5-3-13(4-6-14)18-2-1-11-24-18)20-15-7-8-16-17(12-15)23-10-9-22-16/h1-6,11,15-17H,7-10,12H2,(H,20,21). The van der Waals surface area contributed by atoms with Gasteiger partial charge in [-0.25, -0.2) is 0 Å². The lowest BCUT2D eigenvalue weighted by Gasteiger charge is -2.39. The number of fused-ring (bicyclic) bond motifs is 1. The van der Waals surface area contributed by atoms with Gasteiger partial charge in [-0.15, -0.1) is 11.3 Å². The first-order chi connectivity index (χ1) is 11.8. The summed E-state index contributed by atoms with van der Waals surface area (Å²) in [6, 6.07) is 12.1. The van der Waals surface area contributed by atoms with E-state index in [9.17, 15) is 4.79 Å². The molecule has 0 bridgehead atoms. The van der Waals surface area contributed by atoms with Gasteiger partial charge < -0.3 is 14.8 Å². The highest BCUT2D eigenvalue weighted by Gasteiger charge is 2.34. The number of benzene rings is 1. The van der Waals surface area contributed by atoms with Gasteiger partial charge in [0.15, 0.2) is 0 Å². The molecule has 0 radical (unpaired) electrons. The smallest absolute Gasteiger partial charge is 0.251 e. The van der Waals surface area contributed by atoms with Crippen LogP contribution in [0, 0.1) is 0 Å². The molecule has 2 aliphatic rings. The van der Waals surface area contributed by atoms with Gasteiger partial charge in [0.25, 0.3) is 5.91 Å². The Labute approximate surface area is 145 Å². The van der Waals surface area contributed by atoms with E-state index in [4.69, 9.17) is 9.47 Å². The molecule has 1 aliphatic carbocycles. The predicted molar refractivity (Wildman–Crippen MR) is 94.3 cm³/mol. The molecule has 5 heteroatoms. The van der Waals surface area contributed by atoms with E-state index in [0.29, 0.717) is 18.8 Å². The quantitative estimate of drug-likeness (QED) is 0.928. The monoisotopic (exact) mass is 343 g/mol. The maximum Gasteiger partial charge on any atom is 0.251 e. The molecule has 4 nitrogen and oxygen atoms in total. The van der Waals surface area contributed by atoms with Crippen LogP contribution < -0.4 is 5.32 Å². The number of carbonyl (C=O) groups excluding carboxylic acids is 1. The maximum absolute atomic E-state index is 12.5. The number of hydrogen-bond acceptors (Lipinski definition) is 4. The summed E-state index contributed by atoms with van der Waals surface area (Å²) in [6.45, 7) is 1.35. The molecule has 1 aliphatic heterocycles. The van der Waals surface area contributed by atoms with E-state index in [1.54, 1.807) is 11.3 Å². The van der Waals surface area contributed by atoms with Gasteiger partial charge in [-0.3, -0.25) is 4.79 Å². The third-order valence-corrected chi connectivity index (χ3v) is 5.69. The molecule has 2 aromatic rings. The lowest BCUT2D eigenvalue weighted by Crippen LogP contribution is -2.49. The van der Waals surface area contributed by atoms with Gasteiger partial charge in [-0.2, -0.15) is 0 Å². The molecule has 1 N–H and O–H groups in total. The summed E-state index contributed by atoms with van der Waals surface area (Å²) in [5.41, 5.74) is 1.85. The van der Waals surface area contributed by atoms with Gasteiger partial charge in [0.05, 0.1) is 25.4 Å². The average molecular weight is 343 g/mol. The van der Waals surface area contributed by atoms with Gasteiger partial charge in [-0.05, 0) is 48.4 Å². The molecule has 2 heterocycles. The van der Waals surface area contributed by atoms with Crippen LogP contribution in [0.25, 0.3) is 10.4 Å². The summed E-state index contributed by atoms with van der Waals surface area (Å²) in [5.74, 6) is -0.00657. The molecule has 24 heavy (non-hydrogen) atoms. The van der Waals surface area contributed by atoms with Crippen molar-refractivity contribution in [3.63, 3.8) is 0 Å². The normalized spacial score (nSPS) is 26.6. The van der Waals surface area contributed by atoms with Gasteiger partial charge in [0, 0.05) is 16.5 Å². The Morgan fingerprint density at radius 3 is 2.58 bits per heavy atom. The van der Waals surface area contributed by atoms with Crippen LogP contribution in [0.3, 0.4) is 0 Å². The number of rotatable bonds is 3. The Bertz CT molecular complexity index is 683. The van der Waals surface area contributed by atoms with Gasteiger partial charge in [0.1, 0.15) is 0 Å². The number of thiophene rings is 1. The van der Waals surface area contributed by atoms with Crippen molar-refractivity contribution in [3.8, 4) is 10.4 Å². The first-order valence-corrected chi connectivity index (χ1v) is 9.35. The molecule has 1 saturated heterocycles. The maximum atomic E-state index is 12.5. The predicted octanol–water partition coefficient (Wildman–Crippen LogP) is 3.48. The van der Waals surface area contributed by atoms with Crippen LogP contribution in [0.1, 0.15) is 29.6 Å². The van der Waals surface area contributed by atoms with Crippen molar-refractivity contribution in [2.24, 2.45) is 0 Å². The number of hydrogen-bond donors (Lipinski definition) is 1. The first kappa shape index (κ1) is 15.8. The van der Waals surface area contributed by atoms with E-state index in [0.717, 1.165) is 24.8 Å². The minimum atomic E-state index is -0.00657. The highest BCUT2D eigenvalue weighted by molar-refractivity contribution is 7.13. The molecule has 1 saturated carbocycles. The Balaban J connectivity index is 1.37. The van der Waals surface area contributed by atoms with E-state index in [-0.39, 0.29) is 24.2 Å². The van der Waals surface area contributed by atoms with Crippen LogP contribution in [0.4, 0.5) is 0 Å². The summed E-state index contributed by atoms with van der Waals surface area (Å²) in [7, 11) is 0. The molecule has 1 amide bonds. The van der Waals surface area contributed by atoms with E-state index in [1.165, 1.54) is 4.88 Å². The Hall–Kier alpha value is -1.69. The Morgan fingerprint density at radius 1 is 1.04 bits per heavy atom. The zero-order chi connectivity index (χ0) is 16.4. The van der Waals surface area contributed by atoms with Crippen molar-refractivity contribution in [1.29, 1.82) is 0 Å². The highest BCUT2D eigenvalue weighted by atomic mass is 32.1. The van der Waals surface area contributed by atoms with Gasteiger partial charge in [0.2, 0.25) is 0 Å². The summed E-state index contributed by atoms with van der Waals surface area (Å²) in [4.78, 5) is 13.7. The zero-order valence-corrected chi connectivity index (χ0v) is 14.3. The molecule has 0 spiro atoms. The Kier molecular flexibility index (Phi) is 4.65. The number of amides is 1. The summed E-state index contributed by atoms with van der Waals surface area (Å²) < 4.78 is 11.5. The molecular weight excluding hydrogens is 322 g/mol. The first-order valence-electron chi connectivity index (χ1n) is 8.47. The van der Waals surface area contributed by atoms with Gasteiger partial charge in [-0.1, -0.05) is 18.2 Å². The van der Waals surface area contributed by atoms with Crippen molar-refractivity contribution in [1.82, 2.24) is 5.32 Å². The molecule has 3 unspecified atom stereocenters. The molecule has 1 aromatic heterocycles. The fraction of sp³-hybridized carbons (Fsp3) is 0.421. The minimum Gasteiger partial charge on any atom is -0.373 e. The SMILES string of the molecule is O=C(NC1CCC2OCCOC2C1)c1ccc(-c2cccs2)cc1. The van der Waals surface area contributed by atoms with Crippen molar-refractivity contribution >= 4 is 17.2 Å². The minimum absolute atomic E-state index is 0.00657. The van der Waals surface area contributed by atoms with Crippen LogP contribution in [0.5, 0.6) is 0 Å². The van der Waals surface area contributed by atoms with Crippen LogP contribution in [-0.2, 0) is 9.47 Å². The molecule has 2 fully saturated rings. The van der Waals surface area contributed by atoms with Crippen LogP contribution >= 0.6 is 11.3 Å². The Morgan fingerprint density at radius 2 is 1.83 bits per heavy atom. The second-order valence-electron chi connectivity index (χ2n) is 6.36. The van der Waals surface area contributed by atoms with E-state index < -0.39 is 0 Å². The lowest BCUT2D eigenvalue weighted by atomic mass is 9.89. The second-order valence-corrected chi connectivity index (χ2v) is 7.30. The molecule has 126 valence electrons. The third kappa shape index (κ3) is 3.38. The number of carbonyl (C=O) groups is 1. The number of ether oxygens (including phenoxy) is 2. The van der Waals surface area contributed by atoms with E-state index in [1.807, 2.05) is 30.3 Å². The second kappa shape index (κ2) is 7.05. The summed E-state index contributed by atoms with van der Waals surface area (Å²) in [5, 5.41) is 5.21. The molecule has 3 atom stereocenters. The van der Waals surface area contributed by atoms with Crippen LogP contribution in [0.2, 0.25) is 0 Å². The van der Waals surface area contributed by atoms with Crippen LogP contribution in [-0.4, -0.2) is 37.4 Å². The van der Waals surface area contributed by atoms with Crippen molar-refractivity contribution in [3.05, 3.63) is 47.3 Å². The van der Waals surface area contributed by atoms with Crippen molar-refractivity contribution in [2.75, 3.05) is 13.2 Å². The third-order valence-electron chi connectivity index (χ3n) is 4.77. The van der Waals surface area contributed by atoms with Crippen molar-refractivity contribution < 1.29 is 14.3 Å². The summed E-state index contributed by atoms with van der Waals surface area (Å²) >= 11 is 1.70. The van der Waals surface area contributed by atoms with Crippen LogP contribution in [0.15, 0.2) is 41.8 Å². The molecule has 1 aromatic carbocycles. The zero-order valence-electron chi connectivity index (χ0n) is 13.4. The molecule has 4 rings (SSSR count). The van der Waals surface area contributed by atoms with E-state index >= 15 is 0 Å². The topological polar surface area (TPSA) is 47.6 Å². The lowest BCUT2D eigenvalue weighted by molar-refractivity contribution is -0.157. The van der Waals surface area contributed by atoms with Gasteiger partial charge >= 0.3 is 0 Å². The largest absolute Gasteiger partial charge is 0.373 e. The van der Waals surface area contributed by atoms with Crippen molar-refractivity contribution in [2.45, 2.75) is 37.5 Å². The molecular formula is C19H21NO3S. The van der Waals surface area contributed by atoms with E-state index in [2.05, 4.69) is 16.8 Å². The number of nitrogens with one attached hydrogen (secondary N) is 1. The highest BCUT2D eigenvalue weighted by Crippen LogP contribution is 2.27. The fourth-order valence-corrected chi connectivity index (χ4v) is 4.23.